The number of nitrogens with one attached hydrogen (secondary N) is 1. The van der Waals surface area contributed by atoms with Crippen molar-refractivity contribution >= 4 is 21.4 Å². The summed E-state index contributed by atoms with van der Waals surface area (Å²) in [6.07, 6.45) is 0.947. The van der Waals surface area contributed by atoms with E-state index in [1.165, 1.54) is 21.3 Å². The molecule has 0 aliphatic carbocycles. The predicted octanol–water partition coefficient (Wildman–Crippen LogP) is 0.350. The van der Waals surface area contributed by atoms with E-state index in [9.17, 15) is 18.5 Å². The van der Waals surface area contributed by atoms with Gasteiger partial charge in [-0.25, -0.2) is 8.42 Å². The minimum absolute atomic E-state index is 0.0239. The van der Waals surface area contributed by atoms with Gasteiger partial charge in [-0.2, -0.15) is 4.31 Å². The van der Waals surface area contributed by atoms with Crippen molar-refractivity contribution in [1.82, 2.24) is 4.31 Å². The van der Waals surface area contributed by atoms with Crippen LogP contribution in [0.1, 0.15) is 20.3 Å². The molecule has 8 nitrogen and oxygen atoms in total. The Morgan fingerprint density at radius 2 is 1.92 bits per heavy atom. The number of hydrogen-bond donors (Lipinski definition) is 1. The Morgan fingerprint density at radius 1 is 1.24 bits per heavy atom. The van der Waals surface area contributed by atoms with Crippen LogP contribution in [-0.2, 0) is 10.0 Å². The third-order valence-electron chi connectivity index (χ3n) is 4.67. The van der Waals surface area contributed by atoms with E-state index in [2.05, 4.69) is 7.05 Å². The molecule has 0 amide bonds. The number of nitro groups is 1. The van der Waals surface area contributed by atoms with Crippen molar-refractivity contribution in [3.05, 3.63) is 28.3 Å². The second-order valence-electron chi connectivity index (χ2n) is 6.29. The van der Waals surface area contributed by atoms with Gasteiger partial charge in [-0.3, -0.25) is 10.1 Å². The lowest BCUT2D eigenvalue weighted by atomic mass is 10.2. The van der Waals surface area contributed by atoms with E-state index in [0.29, 0.717) is 18.8 Å². The van der Waals surface area contributed by atoms with Crippen LogP contribution in [0.3, 0.4) is 0 Å². The SMILES string of the molecule is CCN(CC)S(=O)(=O)c1ccc(N2CCC[NH+](C)CC2)c([N+](=O)[O-])c1. The summed E-state index contributed by atoms with van der Waals surface area (Å²) in [4.78, 5) is 14.4. The van der Waals surface area contributed by atoms with E-state index in [1.807, 2.05) is 4.90 Å². The number of benzene rings is 1. The summed E-state index contributed by atoms with van der Waals surface area (Å²) in [5.74, 6) is 0. The maximum absolute atomic E-state index is 12.6. The standard InChI is InChI=1S/C16H26N4O4S/c1-4-19(5-2)25(23,24)14-7-8-15(16(13-14)20(21)22)18-10-6-9-17(3)11-12-18/h7-8,13H,4-6,9-12H2,1-3H3/p+1. The van der Waals surface area contributed by atoms with Crippen LogP contribution in [-0.4, -0.2) is 64.0 Å². The zero-order valence-corrected chi connectivity index (χ0v) is 15.9. The predicted molar refractivity (Wildman–Crippen MR) is 96.7 cm³/mol. The fourth-order valence-corrected chi connectivity index (χ4v) is 4.64. The number of likely N-dealkylation sites (N-methyl/N-ethyl adjacent to an activating group) is 1. The summed E-state index contributed by atoms with van der Waals surface area (Å²) < 4.78 is 26.6. The van der Waals surface area contributed by atoms with Crippen molar-refractivity contribution < 1.29 is 18.2 Å². The summed E-state index contributed by atoms with van der Waals surface area (Å²) in [6, 6.07) is 4.26. The largest absolute Gasteiger partial charge is 0.360 e. The molecule has 0 bridgehead atoms. The smallest absolute Gasteiger partial charge is 0.293 e. The minimum Gasteiger partial charge on any atom is -0.360 e. The Balaban J connectivity index is 2.43. The molecule has 9 heteroatoms. The van der Waals surface area contributed by atoms with E-state index in [-0.39, 0.29) is 10.6 Å². The number of rotatable bonds is 6. The molecule has 1 N–H and O–H groups in total. The first-order valence-electron chi connectivity index (χ1n) is 8.66. The first-order chi connectivity index (χ1) is 11.8. The van der Waals surface area contributed by atoms with Gasteiger partial charge in [0.25, 0.3) is 5.69 Å². The highest BCUT2D eigenvalue weighted by molar-refractivity contribution is 7.89. The number of anilines is 1. The van der Waals surface area contributed by atoms with Crippen LogP contribution in [0, 0.1) is 10.1 Å². The summed E-state index contributed by atoms with van der Waals surface area (Å²) >= 11 is 0. The molecule has 1 aromatic rings. The Bertz CT molecular complexity index is 719. The number of hydrogen-bond acceptors (Lipinski definition) is 5. The Kier molecular flexibility index (Phi) is 6.36. The highest BCUT2D eigenvalue weighted by Gasteiger charge is 2.28. The molecule has 1 heterocycles. The van der Waals surface area contributed by atoms with Crippen LogP contribution in [0.4, 0.5) is 11.4 Å². The fraction of sp³-hybridized carbons (Fsp3) is 0.625. The first kappa shape index (κ1) is 19.6. The van der Waals surface area contributed by atoms with Gasteiger partial charge in [0.15, 0.2) is 0 Å². The van der Waals surface area contributed by atoms with E-state index in [4.69, 9.17) is 0 Å². The highest BCUT2D eigenvalue weighted by atomic mass is 32.2. The van der Waals surface area contributed by atoms with E-state index in [1.54, 1.807) is 19.9 Å². The van der Waals surface area contributed by atoms with Crippen LogP contribution in [0.5, 0.6) is 0 Å². The monoisotopic (exact) mass is 371 g/mol. The van der Waals surface area contributed by atoms with Gasteiger partial charge in [0.05, 0.1) is 36.5 Å². The van der Waals surface area contributed by atoms with Crippen molar-refractivity contribution in [3.63, 3.8) is 0 Å². The second-order valence-corrected chi connectivity index (χ2v) is 8.23. The van der Waals surface area contributed by atoms with E-state index < -0.39 is 14.9 Å². The lowest BCUT2D eigenvalue weighted by Crippen LogP contribution is -3.09. The van der Waals surface area contributed by atoms with E-state index in [0.717, 1.165) is 32.6 Å². The molecule has 1 aliphatic rings. The molecule has 1 atom stereocenters. The molecule has 0 spiro atoms. The van der Waals surface area contributed by atoms with Gasteiger partial charge in [0, 0.05) is 32.1 Å². The quantitative estimate of drug-likeness (QED) is 0.576. The molecule has 1 aliphatic heterocycles. The maximum atomic E-state index is 12.6. The second kappa shape index (κ2) is 8.11. The van der Waals surface area contributed by atoms with Gasteiger partial charge in [-0.05, 0) is 12.1 Å². The molecule has 140 valence electrons. The highest BCUT2D eigenvalue weighted by Crippen LogP contribution is 2.32. The molecule has 0 radical (unpaired) electrons. The number of nitro benzene ring substituents is 1. The summed E-state index contributed by atoms with van der Waals surface area (Å²) in [5.41, 5.74) is 0.353. The van der Waals surface area contributed by atoms with Gasteiger partial charge >= 0.3 is 0 Å². The van der Waals surface area contributed by atoms with Crippen molar-refractivity contribution in [2.24, 2.45) is 0 Å². The summed E-state index contributed by atoms with van der Waals surface area (Å²) in [7, 11) is -1.61. The fourth-order valence-electron chi connectivity index (χ4n) is 3.17. The van der Waals surface area contributed by atoms with Crippen LogP contribution < -0.4 is 9.80 Å². The summed E-state index contributed by atoms with van der Waals surface area (Å²) in [6.45, 7) is 7.54. The lowest BCUT2D eigenvalue weighted by molar-refractivity contribution is -0.876. The Hall–Kier alpha value is -1.71. The van der Waals surface area contributed by atoms with Crippen LogP contribution in [0.15, 0.2) is 23.1 Å². The van der Waals surface area contributed by atoms with Gasteiger partial charge in [0.2, 0.25) is 10.0 Å². The first-order valence-corrected chi connectivity index (χ1v) is 10.1. The Morgan fingerprint density at radius 3 is 2.52 bits per heavy atom. The molecule has 1 unspecified atom stereocenters. The van der Waals surface area contributed by atoms with Crippen LogP contribution in [0.2, 0.25) is 0 Å². The van der Waals surface area contributed by atoms with E-state index >= 15 is 0 Å². The zero-order valence-electron chi connectivity index (χ0n) is 15.1. The maximum Gasteiger partial charge on any atom is 0.293 e. The molecule has 1 saturated heterocycles. The molecule has 25 heavy (non-hydrogen) atoms. The van der Waals surface area contributed by atoms with Crippen LogP contribution in [0.25, 0.3) is 0 Å². The van der Waals surface area contributed by atoms with Crippen LogP contribution >= 0.6 is 0 Å². The third-order valence-corrected chi connectivity index (χ3v) is 6.71. The Labute approximate surface area is 149 Å². The molecule has 1 fully saturated rings. The molecular weight excluding hydrogens is 344 g/mol. The topological polar surface area (TPSA) is 88.2 Å². The normalized spacial score (nSPS) is 19.0. The van der Waals surface area contributed by atoms with Crippen molar-refractivity contribution in [1.29, 1.82) is 0 Å². The van der Waals surface area contributed by atoms with Crippen molar-refractivity contribution in [3.8, 4) is 0 Å². The number of nitrogens with zero attached hydrogens (tertiary/aromatic N) is 3. The molecule has 2 rings (SSSR count). The molecular formula is C16H27N4O4S+. The van der Waals surface area contributed by atoms with Gasteiger partial charge < -0.3 is 9.80 Å². The molecule has 1 aromatic carbocycles. The van der Waals surface area contributed by atoms with Crippen molar-refractivity contribution in [2.45, 2.75) is 25.2 Å². The third kappa shape index (κ3) is 4.28. The lowest BCUT2D eigenvalue weighted by Gasteiger charge is -2.23. The minimum atomic E-state index is -3.71. The average Bonchev–Trinajstić information content (AvgIpc) is 2.79. The van der Waals surface area contributed by atoms with Crippen molar-refractivity contribution in [2.75, 3.05) is 51.2 Å². The molecule has 0 aromatic heterocycles. The van der Waals surface area contributed by atoms with Gasteiger partial charge in [-0.1, -0.05) is 13.8 Å². The number of sulfonamides is 1. The zero-order chi connectivity index (χ0) is 18.6. The molecule has 0 saturated carbocycles. The van der Waals surface area contributed by atoms with Gasteiger partial charge in [-0.15, -0.1) is 0 Å². The number of quaternary nitrogens is 1. The van der Waals surface area contributed by atoms with Gasteiger partial charge in [0.1, 0.15) is 5.69 Å². The average molecular weight is 371 g/mol. The summed E-state index contributed by atoms with van der Waals surface area (Å²) in [5, 5.41) is 11.6.